The molecule has 56 heavy (non-hydrogen) atoms. The summed E-state index contributed by atoms with van der Waals surface area (Å²) in [7, 11) is 1.66. The molecule has 0 aliphatic rings. The van der Waals surface area contributed by atoms with E-state index in [9.17, 15) is 15.0 Å². The Morgan fingerprint density at radius 1 is 0.857 bits per heavy atom. The molecule has 5 aromatic rings. The van der Waals surface area contributed by atoms with Gasteiger partial charge in [0.15, 0.2) is 0 Å². The van der Waals surface area contributed by atoms with Crippen LogP contribution in [0.4, 0.5) is 0 Å². The summed E-state index contributed by atoms with van der Waals surface area (Å²) < 4.78 is 18.0. The number of nitrogens with one attached hydrogen (secondary N) is 2. The second-order valence-electron chi connectivity index (χ2n) is 12.8. The Balaban J connectivity index is 1.36. The molecule has 5 N–H and O–H groups in total. The van der Waals surface area contributed by atoms with E-state index in [1.807, 2.05) is 66.7 Å². The summed E-state index contributed by atoms with van der Waals surface area (Å²) in [6.07, 6.45) is 4.99. The molecule has 15 heteroatoms. The molecule has 1 atom stereocenters. The van der Waals surface area contributed by atoms with Crippen LogP contribution >= 0.6 is 34.8 Å². The fourth-order valence-corrected chi connectivity index (χ4v) is 6.33. The molecule has 2 heterocycles. The van der Waals surface area contributed by atoms with E-state index in [1.165, 1.54) is 6.92 Å². The molecule has 0 bridgehead atoms. The maximum absolute atomic E-state index is 11.8. The highest BCUT2D eigenvalue weighted by molar-refractivity contribution is 6.38. The van der Waals surface area contributed by atoms with Crippen LogP contribution in [0, 0.1) is 0 Å². The van der Waals surface area contributed by atoms with Crippen LogP contribution in [0.3, 0.4) is 0 Å². The van der Waals surface area contributed by atoms with E-state index in [0.717, 1.165) is 33.6 Å². The minimum atomic E-state index is -1.63. The summed E-state index contributed by atoms with van der Waals surface area (Å²) >= 11 is 20.7. The van der Waals surface area contributed by atoms with Crippen LogP contribution in [0.25, 0.3) is 22.3 Å². The fraction of sp³-hybridized carbons (Fsp3) is 0.268. The minimum Gasteiger partial charge on any atom is -0.492 e. The van der Waals surface area contributed by atoms with Crippen LogP contribution < -0.4 is 24.8 Å². The quantitative estimate of drug-likeness (QED) is 0.0411. The van der Waals surface area contributed by atoms with Gasteiger partial charge in [0.05, 0.1) is 23.3 Å². The molecule has 0 fully saturated rings. The van der Waals surface area contributed by atoms with Crippen molar-refractivity contribution in [1.82, 2.24) is 20.6 Å². The maximum atomic E-state index is 11.8. The zero-order valence-electron chi connectivity index (χ0n) is 30.8. The lowest BCUT2D eigenvalue weighted by Gasteiger charge is -2.24. The Kier molecular flexibility index (Phi) is 15.4. The number of aliphatic imine (C=N–C) groups is 1. The van der Waals surface area contributed by atoms with Crippen molar-refractivity contribution in [2.75, 3.05) is 40.0 Å². The highest BCUT2D eigenvalue weighted by Crippen LogP contribution is 2.41. The molecule has 294 valence electrons. The van der Waals surface area contributed by atoms with Gasteiger partial charge >= 0.3 is 5.97 Å². The van der Waals surface area contributed by atoms with E-state index in [-0.39, 0.29) is 43.1 Å². The Labute approximate surface area is 340 Å². The number of aliphatic hydroxyl groups is 2. The molecule has 5 rings (SSSR count). The van der Waals surface area contributed by atoms with E-state index >= 15 is 0 Å². The van der Waals surface area contributed by atoms with Crippen molar-refractivity contribution in [3.8, 4) is 39.8 Å². The van der Waals surface area contributed by atoms with Gasteiger partial charge in [-0.3, -0.25) is 20.1 Å². The van der Waals surface area contributed by atoms with E-state index in [0.29, 0.717) is 46.4 Å². The number of benzene rings is 3. The monoisotopic (exact) mass is 821 g/mol. The number of aliphatic hydroxyl groups excluding tert-OH is 2. The highest BCUT2D eigenvalue weighted by Gasteiger charge is 2.32. The first-order valence-corrected chi connectivity index (χ1v) is 18.7. The number of aliphatic carboxylic acids is 1. The van der Waals surface area contributed by atoms with Gasteiger partial charge in [-0.25, -0.2) is 0 Å². The summed E-state index contributed by atoms with van der Waals surface area (Å²) in [6, 6.07) is 22.4. The fourth-order valence-electron chi connectivity index (χ4n) is 5.48. The Morgan fingerprint density at radius 2 is 1.57 bits per heavy atom. The number of rotatable bonds is 20. The molecule has 0 amide bonds. The number of carboxylic acid groups (broad SMARTS) is 1. The summed E-state index contributed by atoms with van der Waals surface area (Å²) in [6.45, 7) is 2.43. The van der Waals surface area contributed by atoms with Crippen molar-refractivity contribution in [3.05, 3.63) is 123 Å². The topological polar surface area (TPSA) is 168 Å². The third-order valence-corrected chi connectivity index (χ3v) is 9.77. The standard InChI is InChI=1S/C41H42Cl3N5O7/c1-41(25-51,40(52)53)48-22-30-18-35(42)39(49-38(30)55-23-27-17-26(19-45-2)20-47-21-27)56-24-29-5-3-7-33(36(29)43)34-8-4-6-32(37(34)44)28-9-11-31(12-10-28)54-16-14-46-13-15-50/h3-12,17-21,46,48,50-51H,13-16,22-25H2,1-2H3,(H,52,53)/b45-19-/t41-/m0/s1. The summed E-state index contributed by atoms with van der Waals surface area (Å²) in [5.41, 5.74) is 4.14. The van der Waals surface area contributed by atoms with Crippen molar-refractivity contribution >= 4 is 47.0 Å². The predicted molar refractivity (Wildman–Crippen MR) is 218 cm³/mol. The second kappa shape index (κ2) is 20.4. The third-order valence-electron chi connectivity index (χ3n) is 8.64. The average molecular weight is 823 g/mol. The van der Waals surface area contributed by atoms with Crippen molar-refractivity contribution in [2.24, 2.45) is 4.99 Å². The van der Waals surface area contributed by atoms with E-state index < -0.39 is 18.1 Å². The molecule has 0 aliphatic carbocycles. The number of aromatic nitrogens is 2. The van der Waals surface area contributed by atoms with E-state index in [1.54, 1.807) is 31.7 Å². The van der Waals surface area contributed by atoms with Gasteiger partial charge in [0.1, 0.15) is 36.1 Å². The number of carboxylic acids is 1. The van der Waals surface area contributed by atoms with Gasteiger partial charge in [0, 0.05) is 84.2 Å². The summed E-state index contributed by atoms with van der Waals surface area (Å²) in [5, 5.41) is 35.4. The number of carbonyl (C=O) groups is 1. The summed E-state index contributed by atoms with van der Waals surface area (Å²) in [5.74, 6) is -0.312. The van der Waals surface area contributed by atoms with Crippen LogP contribution in [0.15, 0.2) is 90.2 Å². The normalized spacial score (nSPS) is 12.4. The Hall–Kier alpha value is -4.79. The second-order valence-corrected chi connectivity index (χ2v) is 13.9. The summed E-state index contributed by atoms with van der Waals surface area (Å²) in [4.78, 5) is 24.7. The number of hydrogen-bond donors (Lipinski definition) is 5. The molecule has 0 saturated carbocycles. The molecule has 0 spiro atoms. The van der Waals surface area contributed by atoms with Crippen molar-refractivity contribution < 1.29 is 34.3 Å². The smallest absolute Gasteiger partial charge is 0.326 e. The predicted octanol–water partition coefficient (Wildman–Crippen LogP) is 6.86. The minimum absolute atomic E-state index is 0.00532. The van der Waals surface area contributed by atoms with Gasteiger partial charge in [0.25, 0.3) is 0 Å². The number of nitrogens with zero attached hydrogens (tertiary/aromatic N) is 3. The van der Waals surface area contributed by atoms with Crippen LogP contribution in [0.1, 0.15) is 29.2 Å². The van der Waals surface area contributed by atoms with Crippen LogP contribution in [-0.4, -0.2) is 83.0 Å². The van der Waals surface area contributed by atoms with Crippen molar-refractivity contribution in [2.45, 2.75) is 32.2 Å². The van der Waals surface area contributed by atoms with Gasteiger partial charge in [-0.2, -0.15) is 4.98 Å². The number of hydrogen-bond acceptors (Lipinski definition) is 11. The lowest BCUT2D eigenvalue weighted by molar-refractivity contribution is -0.145. The Morgan fingerprint density at radius 3 is 2.29 bits per heavy atom. The lowest BCUT2D eigenvalue weighted by atomic mass is 9.97. The lowest BCUT2D eigenvalue weighted by Crippen LogP contribution is -2.52. The van der Waals surface area contributed by atoms with Gasteiger partial charge in [-0.15, -0.1) is 0 Å². The van der Waals surface area contributed by atoms with Crippen molar-refractivity contribution in [3.63, 3.8) is 0 Å². The third kappa shape index (κ3) is 10.9. The average Bonchev–Trinajstić information content (AvgIpc) is 3.20. The molecule has 0 aliphatic heterocycles. The van der Waals surface area contributed by atoms with Gasteiger partial charge < -0.3 is 34.8 Å². The van der Waals surface area contributed by atoms with Crippen LogP contribution in [0.5, 0.6) is 17.5 Å². The first-order valence-electron chi connectivity index (χ1n) is 17.6. The molecule has 0 unspecified atom stereocenters. The number of ether oxygens (including phenoxy) is 3. The molecule has 12 nitrogen and oxygen atoms in total. The van der Waals surface area contributed by atoms with Gasteiger partial charge in [-0.05, 0) is 36.8 Å². The van der Waals surface area contributed by atoms with Crippen LogP contribution in [-0.2, 0) is 24.6 Å². The number of halogens is 3. The van der Waals surface area contributed by atoms with Crippen LogP contribution in [0.2, 0.25) is 15.1 Å². The maximum Gasteiger partial charge on any atom is 0.326 e. The van der Waals surface area contributed by atoms with Crippen molar-refractivity contribution in [1.29, 1.82) is 0 Å². The van der Waals surface area contributed by atoms with E-state index in [4.69, 9.17) is 54.1 Å². The van der Waals surface area contributed by atoms with Gasteiger partial charge in [-0.1, -0.05) is 83.3 Å². The highest BCUT2D eigenvalue weighted by atomic mass is 35.5. The molecule has 0 saturated heterocycles. The molecule has 2 aromatic heterocycles. The van der Waals surface area contributed by atoms with Gasteiger partial charge in [0.2, 0.25) is 11.8 Å². The number of pyridine rings is 2. The molecule has 0 radical (unpaired) electrons. The molecular formula is C41H42Cl3N5O7. The van der Waals surface area contributed by atoms with E-state index in [2.05, 4.69) is 25.6 Å². The zero-order valence-corrected chi connectivity index (χ0v) is 33.0. The molecular weight excluding hydrogens is 781 g/mol. The SMILES string of the molecule is C/N=C\c1cncc(COc2nc(OCc3cccc(-c4cccc(-c5ccc(OCCNCCO)cc5)c4Cl)c3Cl)c(Cl)cc2CN[C@@](C)(CO)C(=O)O)c1. The largest absolute Gasteiger partial charge is 0.492 e. The first-order chi connectivity index (χ1) is 27.1. The first kappa shape index (κ1) is 42.4. The molecule has 3 aromatic carbocycles. The zero-order chi connectivity index (χ0) is 40.1. The Bertz CT molecular complexity index is 2140.